The largest absolute Gasteiger partial charge is 0.316 e. The molecule has 0 saturated carbocycles. The summed E-state index contributed by atoms with van der Waals surface area (Å²) in [6.45, 7) is 9.67. The van der Waals surface area contributed by atoms with Gasteiger partial charge in [0.05, 0.1) is 14.9 Å². The third kappa shape index (κ3) is 3.78. The molecule has 2 rings (SSSR count). The summed E-state index contributed by atoms with van der Waals surface area (Å²) in [5, 5.41) is 5.68. The van der Waals surface area contributed by atoms with Gasteiger partial charge in [0.15, 0.2) is 0 Å². The van der Waals surface area contributed by atoms with E-state index in [1.165, 1.54) is 10.1 Å². The van der Waals surface area contributed by atoms with Crippen molar-refractivity contribution in [1.82, 2.24) is 15.2 Å². The molecule has 1 heterocycles. The second-order valence-corrected chi connectivity index (χ2v) is 6.54. The van der Waals surface area contributed by atoms with Crippen molar-refractivity contribution >= 4 is 23.5 Å². The number of hydrogen-bond acceptors (Lipinski definition) is 4. The highest BCUT2D eigenvalue weighted by molar-refractivity contribution is 7.09. The molecule has 1 aliphatic rings. The number of nitrogens with zero attached hydrogens (tertiary/aromatic N) is 2. The number of thiazole rings is 1. The van der Waals surface area contributed by atoms with Crippen molar-refractivity contribution in [2.45, 2.75) is 33.2 Å². The van der Waals surface area contributed by atoms with Crippen LogP contribution < -0.4 is 15.2 Å². The fourth-order valence-electron chi connectivity index (χ4n) is 2.41. The molecule has 110 valence electrons. The van der Waals surface area contributed by atoms with Crippen molar-refractivity contribution in [1.29, 1.82) is 0 Å². The number of aromatic nitrogens is 1. The Morgan fingerprint density at radius 2 is 2.25 bits per heavy atom. The first kappa shape index (κ1) is 15.4. The van der Waals surface area contributed by atoms with Crippen molar-refractivity contribution in [3.8, 4) is 0 Å². The van der Waals surface area contributed by atoms with Crippen LogP contribution in [0.2, 0.25) is 0 Å². The molecule has 0 fully saturated rings. The summed E-state index contributed by atoms with van der Waals surface area (Å²) in [6, 6.07) is 0.469. The first-order chi connectivity index (χ1) is 9.61. The molecule has 1 N–H and O–H groups in total. The van der Waals surface area contributed by atoms with Gasteiger partial charge in [0.1, 0.15) is 0 Å². The third-order valence-corrected chi connectivity index (χ3v) is 4.81. The van der Waals surface area contributed by atoms with Gasteiger partial charge in [0.2, 0.25) is 0 Å². The number of nitrogens with one attached hydrogen (secondary N) is 1. The van der Waals surface area contributed by atoms with Gasteiger partial charge in [-0.1, -0.05) is 19.1 Å². The molecule has 0 aliphatic heterocycles. The molecule has 0 bridgehead atoms. The summed E-state index contributed by atoms with van der Waals surface area (Å²) >= 11 is 1.78. The van der Waals surface area contributed by atoms with Crippen molar-refractivity contribution in [2.24, 2.45) is 0 Å². The lowest BCUT2D eigenvalue weighted by atomic mass is 10.0. The SMILES string of the molecule is CCNCCN(C)C(C)C1=CC=c2sc(C)nc2=CC1. The van der Waals surface area contributed by atoms with E-state index in [-0.39, 0.29) is 0 Å². The van der Waals surface area contributed by atoms with Crippen LogP contribution in [-0.4, -0.2) is 42.6 Å². The van der Waals surface area contributed by atoms with Gasteiger partial charge in [-0.05, 0) is 45.5 Å². The van der Waals surface area contributed by atoms with E-state index < -0.39 is 0 Å². The topological polar surface area (TPSA) is 28.2 Å². The Balaban J connectivity index is 2.06. The smallest absolute Gasteiger partial charge is 0.0907 e. The second kappa shape index (κ2) is 7.16. The fourth-order valence-corrected chi connectivity index (χ4v) is 3.24. The first-order valence-electron chi connectivity index (χ1n) is 7.37. The molecule has 3 nitrogen and oxygen atoms in total. The quantitative estimate of drug-likeness (QED) is 0.800. The van der Waals surface area contributed by atoms with E-state index in [2.05, 4.69) is 61.2 Å². The lowest BCUT2D eigenvalue weighted by Crippen LogP contribution is -2.36. The summed E-state index contributed by atoms with van der Waals surface area (Å²) in [5.41, 5.74) is 1.46. The van der Waals surface area contributed by atoms with Crippen LogP contribution in [0.15, 0.2) is 11.6 Å². The maximum Gasteiger partial charge on any atom is 0.0907 e. The molecule has 0 amide bonds. The molecule has 0 spiro atoms. The Morgan fingerprint density at radius 3 is 3.00 bits per heavy atom. The normalized spacial score (nSPS) is 15.9. The Kier molecular flexibility index (Phi) is 5.52. The van der Waals surface area contributed by atoms with Gasteiger partial charge in [-0.3, -0.25) is 4.90 Å². The zero-order valence-electron chi connectivity index (χ0n) is 12.9. The van der Waals surface area contributed by atoms with Gasteiger partial charge in [-0.2, -0.15) is 0 Å². The standard InChI is InChI=1S/C16H25N3S/c1-5-17-10-11-19(4)12(2)14-6-8-15-16(9-7-14)20-13(3)18-15/h7-9,12,17H,5-6,10-11H2,1-4H3. The van der Waals surface area contributed by atoms with Crippen LogP contribution in [0.25, 0.3) is 12.2 Å². The fraction of sp³-hybridized carbons (Fsp3) is 0.562. The van der Waals surface area contributed by atoms with Gasteiger partial charge < -0.3 is 5.32 Å². The highest BCUT2D eigenvalue weighted by Crippen LogP contribution is 2.15. The van der Waals surface area contributed by atoms with Crippen LogP contribution in [0.1, 0.15) is 25.3 Å². The molecule has 0 aromatic carbocycles. The van der Waals surface area contributed by atoms with Gasteiger partial charge in [-0.25, -0.2) is 4.98 Å². The van der Waals surface area contributed by atoms with Crippen LogP contribution in [0.5, 0.6) is 0 Å². The maximum atomic E-state index is 4.59. The summed E-state index contributed by atoms with van der Waals surface area (Å²) < 4.78 is 1.29. The van der Waals surface area contributed by atoms with Gasteiger partial charge in [0, 0.05) is 19.1 Å². The minimum absolute atomic E-state index is 0.469. The number of rotatable bonds is 6. The predicted molar refractivity (Wildman–Crippen MR) is 88.4 cm³/mol. The molecule has 1 aromatic rings. The number of fused-ring (bicyclic) bond motifs is 1. The zero-order chi connectivity index (χ0) is 14.5. The lowest BCUT2D eigenvalue weighted by Gasteiger charge is -2.26. The Labute approximate surface area is 125 Å². The van der Waals surface area contributed by atoms with Crippen LogP contribution >= 0.6 is 11.3 Å². The highest BCUT2D eigenvalue weighted by atomic mass is 32.1. The molecular weight excluding hydrogens is 266 g/mol. The summed E-state index contributed by atoms with van der Waals surface area (Å²) in [5.74, 6) is 0. The summed E-state index contributed by atoms with van der Waals surface area (Å²) in [4.78, 5) is 7.00. The Morgan fingerprint density at radius 1 is 1.45 bits per heavy atom. The molecule has 4 heteroatoms. The van der Waals surface area contributed by atoms with E-state index in [1.54, 1.807) is 11.3 Å². The van der Waals surface area contributed by atoms with E-state index in [0.29, 0.717) is 6.04 Å². The van der Waals surface area contributed by atoms with Crippen molar-refractivity contribution in [2.75, 3.05) is 26.7 Å². The summed E-state index contributed by atoms with van der Waals surface area (Å²) in [6.07, 6.45) is 7.78. The van der Waals surface area contributed by atoms with Crippen LogP contribution in [-0.2, 0) is 0 Å². The van der Waals surface area contributed by atoms with Crippen LogP contribution in [0.4, 0.5) is 0 Å². The van der Waals surface area contributed by atoms with Gasteiger partial charge in [0.25, 0.3) is 0 Å². The molecule has 1 aromatic heterocycles. The third-order valence-electron chi connectivity index (χ3n) is 3.86. The highest BCUT2D eigenvalue weighted by Gasteiger charge is 2.13. The molecule has 20 heavy (non-hydrogen) atoms. The van der Waals surface area contributed by atoms with Crippen molar-refractivity contribution < 1.29 is 0 Å². The minimum atomic E-state index is 0.469. The van der Waals surface area contributed by atoms with E-state index in [4.69, 9.17) is 0 Å². The molecule has 1 atom stereocenters. The number of hydrogen-bond donors (Lipinski definition) is 1. The van der Waals surface area contributed by atoms with E-state index in [0.717, 1.165) is 36.4 Å². The monoisotopic (exact) mass is 291 g/mol. The second-order valence-electron chi connectivity index (χ2n) is 5.31. The first-order valence-corrected chi connectivity index (χ1v) is 8.18. The molecule has 1 aliphatic carbocycles. The van der Waals surface area contributed by atoms with Gasteiger partial charge >= 0.3 is 0 Å². The molecule has 1 unspecified atom stereocenters. The predicted octanol–water partition coefficient (Wildman–Crippen LogP) is 1.27. The lowest BCUT2D eigenvalue weighted by molar-refractivity contribution is 0.285. The average molecular weight is 291 g/mol. The van der Waals surface area contributed by atoms with E-state index >= 15 is 0 Å². The molecular formula is C16H25N3S. The Bertz CT molecular complexity index is 585. The summed E-state index contributed by atoms with van der Waals surface area (Å²) in [7, 11) is 2.20. The van der Waals surface area contributed by atoms with Crippen LogP contribution in [0.3, 0.4) is 0 Å². The number of likely N-dealkylation sites (N-methyl/N-ethyl adjacent to an activating group) is 2. The average Bonchev–Trinajstić information content (AvgIpc) is 2.67. The van der Waals surface area contributed by atoms with Crippen LogP contribution in [0, 0.1) is 6.92 Å². The van der Waals surface area contributed by atoms with Crippen molar-refractivity contribution in [3.63, 3.8) is 0 Å². The number of aryl methyl sites for hydroxylation is 1. The molecule has 0 saturated heterocycles. The van der Waals surface area contributed by atoms with E-state index in [9.17, 15) is 0 Å². The number of allylic oxidation sites excluding steroid dienone is 1. The Hall–Kier alpha value is -0.970. The van der Waals surface area contributed by atoms with E-state index in [1.807, 2.05) is 0 Å². The molecule has 0 radical (unpaired) electrons. The zero-order valence-corrected chi connectivity index (χ0v) is 13.8. The maximum absolute atomic E-state index is 4.59. The van der Waals surface area contributed by atoms with Crippen molar-refractivity contribution in [3.05, 3.63) is 26.5 Å². The van der Waals surface area contributed by atoms with Gasteiger partial charge in [-0.15, -0.1) is 11.3 Å². The minimum Gasteiger partial charge on any atom is -0.316 e.